The zero-order valence-corrected chi connectivity index (χ0v) is 9.46. The molecular weight excluding hydrogens is 184 g/mol. The molecule has 1 heterocycles. The van der Waals surface area contributed by atoms with Crippen LogP contribution in [0, 0.1) is 6.92 Å². The predicted molar refractivity (Wildman–Crippen MR) is 65.2 cm³/mol. The smallest absolute Gasteiger partial charge is 0.0480 e. The molecule has 0 unspecified atom stereocenters. The van der Waals surface area contributed by atoms with Gasteiger partial charge in [0.1, 0.15) is 0 Å². The average Bonchev–Trinajstić information content (AvgIpc) is 2.61. The number of aromatic nitrogens is 1. The van der Waals surface area contributed by atoms with E-state index in [4.69, 9.17) is 0 Å². The van der Waals surface area contributed by atoms with Gasteiger partial charge >= 0.3 is 0 Å². The molecule has 0 bridgehead atoms. The minimum absolute atomic E-state index is 1.07. The maximum Gasteiger partial charge on any atom is 0.0480 e. The second-order valence-corrected chi connectivity index (χ2v) is 4.03. The molecule has 1 N–H and O–H groups in total. The molecule has 80 valence electrons. The number of hydrogen-bond donors (Lipinski definition) is 1. The topological polar surface area (TPSA) is 17.0 Å². The monoisotopic (exact) mass is 202 g/mol. The van der Waals surface area contributed by atoms with Crippen LogP contribution in [0.25, 0.3) is 10.9 Å². The third-order valence-electron chi connectivity index (χ3n) is 2.75. The first-order valence-electron chi connectivity index (χ1n) is 5.51. The van der Waals surface area contributed by atoms with Crippen LogP contribution >= 0.6 is 0 Å². The summed E-state index contributed by atoms with van der Waals surface area (Å²) in [6.07, 6.45) is 3.36. The first-order valence-corrected chi connectivity index (χ1v) is 5.51. The largest absolute Gasteiger partial charge is 0.347 e. The molecule has 0 aliphatic heterocycles. The van der Waals surface area contributed by atoms with E-state index in [0.717, 1.165) is 13.1 Å². The minimum Gasteiger partial charge on any atom is -0.347 e. The lowest BCUT2D eigenvalue weighted by atomic mass is 10.2. The standard InChI is InChI=1S/C13H18N2/c1-11-4-5-13-12(10-11)6-9-15(13)8-3-7-14-2/h4-6,9-10,14H,3,7-8H2,1-2H3. The lowest BCUT2D eigenvalue weighted by molar-refractivity contribution is 0.627. The van der Waals surface area contributed by atoms with Crippen molar-refractivity contribution in [3.05, 3.63) is 36.0 Å². The Morgan fingerprint density at radius 1 is 1.27 bits per heavy atom. The number of nitrogens with one attached hydrogen (secondary N) is 1. The van der Waals surface area contributed by atoms with Gasteiger partial charge in [-0.3, -0.25) is 0 Å². The number of fused-ring (bicyclic) bond motifs is 1. The van der Waals surface area contributed by atoms with Crippen LogP contribution in [0.5, 0.6) is 0 Å². The summed E-state index contributed by atoms with van der Waals surface area (Å²) in [7, 11) is 2.00. The van der Waals surface area contributed by atoms with Crippen molar-refractivity contribution in [2.75, 3.05) is 13.6 Å². The Bertz CT molecular complexity index is 443. The van der Waals surface area contributed by atoms with Crippen molar-refractivity contribution in [1.29, 1.82) is 0 Å². The van der Waals surface area contributed by atoms with E-state index < -0.39 is 0 Å². The van der Waals surface area contributed by atoms with Crippen molar-refractivity contribution in [3.8, 4) is 0 Å². The first-order chi connectivity index (χ1) is 7.31. The van der Waals surface area contributed by atoms with Gasteiger partial charge < -0.3 is 9.88 Å². The van der Waals surface area contributed by atoms with E-state index in [1.165, 1.54) is 22.9 Å². The van der Waals surface area contributed by atoms with E-state index in [-0.39, 0.29) is 0 Å². The molecule has 0 aliphatic carbocycles. The van der Waals surface area contributed by atoms with E-state index in [9.17, 15) is 0 Å². The normalized spacial score (nSPS) is 11.1. The zero-order valence-electron chi connectivity index (χ0n) is 9.46. The quantitative estimate of drug-likeness (QED) is 0.754. The number of hydrogen-bond acceptors (Lipinski definition) is 1. The summed E-state index contributed by atoms with van der Waals surface area (Å²) in [5.41, 5.74) is 2.67. The van der Waals surface area contributed by atoms with Crippen molar-refractivity contribution in [2.24, 2.45) is 0 Å². The summed E-state index contributed by atoms with van der Waals surface area (Å²) in [6, 6.07) is 8.83. The Balaban J connectivity index is 2.21. The molecule has 1 aromatic carbocycles. The molecule has 0 saturated carbocycles. The fourth-order valence-corrected chi connectivity index (χ4v) is 1.94. The van der Waals surface area contributed by atoms with Crippen molar-refractivity contribution in [2.45, 2.75) is 19.9 Å². The van der Waals surface area contributed by atoms with Crippen molar-refractivity contribution >= 4 is 10.9 Å². The van der Waals surface area contributed by atoms with Gasteiger partial charge in [0, 0.05) is 18.3 Å². The highest BCUT2D eigenvalue weighted by atomic mass is 15.0. The molecule has 0 radical (unpaired) electrons. The van der Waals surface area contributed by atoms with Crippen LogP contribution in [0.3, 0.4) is 0 Å². The van der Waals surface area contributed by atoms with Crippen molar-refractivity contribution in [3.63, 3.8) is 0 Å². The minimum atomic E-state index is 1.07. The number of nitrogens with zero attached hydrogens (tertiary/aromatic N) is 1. The Labute approximate surface area is 90.9 Å². The fraction of sp³-hybridized carbons (Fsp3) is 0.385. The van der Waals surface area contributed by atoms with Crippen LogP contribution in [-0.4, -0.2) is 18.2 Å². The summed E-state index contributed by atoms with van der Waals surface area (Å²) in [4.78, 5) is 0. The maximum absolute atomic E-state index is 3.17. The highest BCUT2D eigenvalue weighted by Crippen LogP contribution is 2.17. The van der Waals surface area contributed by atoms with Crippen LogP contribution in [0.2, 0.25) is 0 Å². The molecule has 2 aromatic rings. The van der Waals surface area contributed by atoms with Crippen LogP contribution in [0.4, 0.5) is 0 Å². The van der Waals surface area contributed by atoms with E-state index in [2.05, 4.69) is 47.3 Å². The summed E-state index contributed by atoms with van der Waals surface area (Å²) >= 11 is 0. The Morgan fingerprint density at radius 2 is 2.13 bits per heavy atom. The molecule has 1 aromatic heterocycles. The van der Waals surface area contributed by atoms with Gasteiger partial charge in [-0.05, 0) is 50.5 Å². The maximum atomic E-state index is 3.17. The van der Waals surface area contributed by atoms with E-state index in [1.54, 1.807) is 0 Å². The van der Waals surface area contributed by atoms with Crippen LogP contribution in [-0.2, 0) is 6.54 Å². The van der Waals surface area contributed by atoms with Gasteiger partial charge in [-0.25, -0.2) is 0 Å². The summed E-state index contributed by atoms with van der Waals surface area (Å²) in [5.74, 6) is 0. The van der Waals surface area contributed by atoms with Gasteiger partial charge in [0.05, 0.1) is 0 Å². The van der Waals surface area contributed by atoms with Gasteiger partial charge in [0.25, 0.3) is 0 Å². The van der Waals surface area contributed by atoms with Gasteiger partial charge in [-0.1, -0.05) is 11.6 Å². The van der Waals surface area contributed by atoms with Crippen LogP contribution in [0.1, 0.15) is 12.0 Å². The van der Waals surface area contributed by atoms with Gasteiger partial charge in [0.15, 0.2) is 0 Å². The molecule has 0 saturated heterocycles. The first kappa shape index (κ1) is 10.2. The van der Waals surface area contributed by atoms with Crippen molar-refractivity contribution < 1.29 is 0 Å². The Morgan fingerprint density at radius 3 is 2.93 bits per heavy atom. The van der Waals surface area contributed by atoms with E-state index in [1.807, 2.05) is 7.05 Å². The van der Waals surface area contributed by atoms with E-state index in [0.29, 0.717) is 0 Å². The molecule has 0 amide bonds. The molecule has 15 heavy (non-hydrogen) atoms. The predicted octanol–water partition coefficient (Wildman–Crippen LogP) is 2.56. The second-order valence-electron chi connectivity index (χ2n) is 4.03. The second kappa shape index (κ2) is 4.49. The summed E-state index contributed by atoms with van der Waals surface area (Å²) in [6.45, 7) is 4.30. The van der Waals surface area contributed by atoms with Crippen LogP contribution < -0.4 is 5.32 Å². The lowest BCUT2D eigenvalue weighted by Gasteiger charge is -2.05. The SMILES string of the molecule is CNCCCn1ccc2cc(C)ccc21. The Hall–Kier alpha value is -1.28. The highest BCUT2D eigenvalue weighted by molar-refractivity contribution is 5.80. The number of aryl methyl sites for hydroxylation is 2. The molecule has 0 fully saturated rings. The number of rotatable bonds is 4. The average molecular weight is 202 g/mol. The van der Waals surface area contributed by atoms with E-state index >= 15 is 0 Å². The number of benzene rings is 1. The molecule has 0 spiro atoms. The van der Waals surface area contributed by atoms with Crippen molar-refractivity contribution in [1.82, 2.24) is 9.88 Å². The molecule has 2 heteroatoms. The summed E-state index contributed by atoms with van der Waals surface area (Å²) < 4.78 is 2.33. The third kappa shape index (κ3) is 2.21. The molecule has 2 rings (SSSR count). The molecule has 0 atom stereocenters. The van der Waals surface area contributed by atoms with Crippen LogP contribution in [0.15, 0.2) is 30.5 Å². The lowest BCUT2D eigenvalue weighted by Crippen LogP contribution is -2.10. The Kier molecular flexibility index (Phi) is 3.07. The van der Waals surface area contributed by atoms with Gasteiger partial charge in [-0.2, -0.15) is 0 Å². The molecule has 0 aliphatic rings. The van der Waals surface area contributed by atoms with Gasteiger partial charge in [-0.15, -0.1) is 0 Å². The third-order valence-corrected chi connectivity index (χ3v) is 2.75. The van der Waals surface area contributed by atoms with Gasteiger partial charge in [0.2, 0.25) is 0 Å². The molecular formula is C13H18N2. The summed E-state index contributed by atoms with van der Waals surface area (Å²) in [5, 5.41) is 4.52. The zero-order chi connectivity index (χ0) is 10.7. The molecule has 2 nitrogen and oxygen atoms in total. The highest BCUT2D eigenvalue weighted by Gasteiger charge is 1.99. The fourth-order valence-electron chi connectivity index (χ4n) is 1.94.